The van der Waals surface area contributed by atoms with Crippen LogP contribution in [0, 0.1) is 0 Å². The summed E-state index contributed by atoms with van der Waals surface area (Å²) >= 11 is 0. The molecule has 106 valence electrons. The average molecular weight is 274 g/mol. The van der Waals surface area contributed by atoms with Crippen LogP contribution in [0.25, 0.3) is 0 Å². The first-order chi connectivity index (χ1) is 9.61. The molecule has 2 aromatic rings. The van der Waals surface area contributed by atoms with E-state index >= 15 is 0 Å². The number of carboxylic acids is 2. The fraction of sp³-hybridized carbons (Fsp3) is 0.125. The van der Waals surface area contributed by atoms with Crippen molar-refractivity contribution in [2.75, 3.05) is 0 Å². The van der Waals surface area contributed by atoms with Crippen molar-refractivity contribution in [2.24, 2.45) is 0 Å². The first kappa shape index (κ1) is 17.4. The van der Waals surface area contributed by atoms with Crippen LogP contribution in [-0.4, -0.2) is 22.2 Å². The molecule has 0 saturated heterocycles. The fourth-order valence-corrected chi connectivity index (χ4v) is 1.16. The molecule has 0 aliphatic carbocycles. The van der Waals surface area contributed by atoms with Crippen molar-refractivity contribution in [2.45, 2.75) is 13.8 Å². The maximum atomic E-state index is 10.2. The lowest BCUT2D eigenvalue weighted by Crippen LogP contribution is -1.93. The highest BCUT2D eigenvalue weighted by Gasteiger charge is 1.97. The molecular weight excluding hydrogens is 256 g/mol. The van der Waals surface area contributed by atoms with E-state index in [1.807, 2.05) is 13.8 Å². The van der Waals surface area contributed by atoms with Crippen molar-refractivity contribution in [1.29, 1.82) is 0 Å². The number of aromatic carboxylic acids is 2. The minimum atomic E-state index is -0.879. The second-order valence-electron chi connectivity index (χ2n) is 3.34. The Morgan fingerprint density at radius 2 is 0.900 bits per heavy atom. The summed E-state index contributed by atoms with van der Waals surface area (Å²) in [6.45, 7) is 4.00. The molecule has 0 aromatic heterocycles. The first-order valence-corrected chi connectivity index (χ1v) is 6.18. The Balaban J connectivity index is 0.000000321. The summed E-state index contributed by atoms with van der Waals surface area (Å²) in [5, 5.41) is 16.8. The van der Waals surface area contributed by atoms with Gasteiger partial charge in [0, 0.05) is 0 Å². The van der Waals surface area contributed by atoms with Crippen molar-refractivity contribution in [3.8, 4) is 0 Å². The van der Waals surface area contributed by atoms with E-state index in [9.17, 15) is 9.59 Å². The summed E-state index contributed by atoms with van der Waals surface area (Å²) in [5.41, 5.74) is 0.662. The molecule has 0 atom stereocenters. The second kappa shape index (κ2) is 10.3. The molecule has 0 fully saturated rings. The van der Waals surface area contributed by atoms with Crippen LogP contribution in [0.1, 0.15) is 34.6 Å². The lowest BCUT2D eigenvalue weighted by molar-refractivity contribution is 0.0686. The molecule has 0 amide bonds. The van der Waals surface area contributed by atoms with Gasteiger partial charge in [0.1, 0.15) is 0 Å². The van der Waals surface area contributed by atoms with Gasteiger partial charge in [-0.3, -0.25) is 0 Å². The largest absolute Gasteiger partial charge is 0.478 e. The molecule has 2 N–H and O–H groups in total. The minimum absolute atomic E-state index is 0.331. The van der Waals surface area contributed by atoms with Gasteiger partial charge >= 0.3 is 11.9 Å². The number of carboxylic acid groups (broad SMARTS) is 2. The molecule has 0 aliphatic rings. The number of hydrogen-bond donors (Lipinski definition) is 2. The molecule has 0 saturated carbocycles. The van der Waals surface area contributed by atoms with Crippen molar-refractivity contribution in [3.63, 3.8) is 0 Å². The van der Waals surface area contributed by atoms with Gasteiger partial charge in [-0.15, -0.1) is 0 Å². The number of benzene rings is 2. The summed E-state index contributed by atoms with van der Waals surface area (Å²) in [6, 6.07) is 16.6. The fourth-order valence-electron chi connectivity index (χ4n) is 1.16. The van der Waals surface area contributed by atoms with Gasteiger partial charge in [0.15, 0.2) is 0 Å². The van der Waals surface area contributed by atoms with Gasteiger partial charge < -0.3 is 10.2 Å². The standard InChI is InChI=1S/2C7H6O2.C2H6/c2*8-7(9)6-4-2-1-3-5-6;1-2/h2*1-5H,(H,8,9);1-2H3. The van der Waals surface area contributed by atoms with Gasteiger partial charge in [-0.1, -0.05) is 50.2 Å². The topological polar surface area (TPSA) is 74.6 Å². The van der Waals surface area contributed by atoms with Gasteiger partial charge in [0.2, 0.25) is 0 Å². The molecule has 0 radical (unpaired) electrons. The van der Waals surface area contributed by atoms with Crippen molar-refractivity contribution >= 4 is 11.9 Å². The van der Waals surface area contributed by atoms with Crippen LogP contribution >= 0.6 is 0 Å². The summed E-state index contributed by atoms with van der Waals surface area (Å²) in [6.07, 6.45) is 0. The molecule has 4 nitrogen and oxygen atoms in total. The van der Waals surface area contributed by atoms with E-state index < -0.39 is 11.9 Å². The molecule has 0 bridgehead atoms. The highest BCUT2D eigenvalue weighted by Crippen LogP contribution is 1.96. The van der Waals surface area contributed by atoms with Crippen LogP contribution in [0.3, 0.4) is 0 Å². The minimum Gasteiger partial charge on any atom is -0.478 e. The van der Waals surface area contributed by atoms with Crippen LogP contribution in [0.15, 0.2) is 60.7 Å². The summed E-state index contributed by atoms with van der Waals surface area (Å²) in [4.78, 5) is 20.4. The van der Waals surface area contributed by atoms with Crippen LogP contribution in [0.5, 0.6) is 0 Å². The van der Waals surface area contributed by atoms with Gasteiger partial charge in [-0.25, -0.2) is 9.59 Å². The zero-order chi connectivity index (χ0) is 15.4. The third-order valence-electron chi connectivity index (χ3n) is 2.04. The first-order valence-electron chi connectivity index (χ1n) is 6.18. The van der Waals surface area contributed by atoms with Gasteiger partial charge in [0.05, 0.1) is 11.1 Å². The van der Waals surface area contributed by atoms with Gasteiger partial charge in [-0.05, 0) is 24.3 Å². The lowest BCUT2D eigenvalue weighted by Gasteiger charge is -1.88. The van der Waals surface area contributed by atoms with E-state index in [-0.39, 0.29) is 0 Å². The van der Waals surface area contributed by atoms with Gasteiger partial charge in [0.25, 0.3) is 0 Å². The zero-order valence-corrected chi connectivity index (χ0v) is 11.5. The van der Waals surface area contributed by atoms with Crippen LogP contribution in [-0.2, 0) is 0 Å². The van der Waals surface area contributed by atoms with E-state index in [0.717, 1.165) is 0 Å². The molecule has 20 heavy (non-hydrogen) atoms. The molecule has 0 heterocycles. The third-order valence-corrected chi connectivity index (χ3v) is 2.04. The van der Waals surface area contributed by atoms with E-state index in [1.54, 1.807) is 60.7 Å². The summed E-state index contributed by atoms with van der Waals surface area (Å²) in [5.74, 6) is -1.76. The SMILES string of the molecule is CC.O=C(O)c1ccccc1.O=C(O)c1ccccc1. The van der Waals surface area contributed by atoms with Gasteiger partial charge in [-0.2, -0.15) is 0 Å². The third kappa shape index (κ3) is 6.96. The van der Waals surface area contributed by atoms with E-state index in [0.29, 0.717) is 11.1 Å². The summed E-state index contributed by atoms with van der Waals surface area (Å²) < 4.78 is 0. The Hall–Kier alpha value is -2.62. The maximum absolute atomic E-state index is 10.2. The predicted molar refractivity (Wildman–Crippen MR) is 78.2 cm³/mol. The van der Waals surface area contributed by atoms with Crippen LogP contribution < -0.4 is 0 Å². The maximum Gasteiger partial charge on any atom is 0.335 e. The molecule has 4 heteroatoms. The second-order valence-corrected chi connectivity index (χ2v) is 3.34. The van der Waals surface area contributed by atoms with Crippen molar-refractivity contribution < 1.29 is 19.8 Å². The average Bonchev–Trinajstić information content (AvgIpc) is 2.51. The van der Waals surface area contributed by atoms with Crippen molar-refractivity contribution in [1.82, 2.24) is 0 Å². The smallest absolute Gasteiger partial charge is 0.335 e. The molecular formula is C16H18O4. The highest BCUT2D eigenvalue weighted by atomic mass is 16.4. The number of rotatable bonds is 2. The Labute approximate surface area is 118 Å². The molecule has 2 rings (SSSR count). The Morgan fingerprint density at radius 3 is 1.05 bits per heavy atom. The molecule has 0 spiro atoms. The molecule has 0 aliphatic heterocycles. The predicted octanol–water partition coefficient (Wildman–Crippen LogP) is 3.80. The van der Waals surface area contributed by atoms with Crippen molar-refractivity contribution in [3.05, 3.63) is 71.8 Å². The van der Waals surface area contributed by atoms with E-state index in [4.69, 9.17) is 10.2 Å². The lowest BCUT2D eigenvalue weighted by atomic mass is 10.2. The Kier molecular flexibility index (Phi) is 8.96. The van der Waals surface area contributed by atoms with Crippen LogP contribution in [0.4, 0.5) is 0 Å². The molecule has 2 aromatic carbocycles. The Bertz CT molecular complexity index is 457. The summed E-state index contributed by atoms with van der Waals surface area (Å²) in [7, 11) is 0. The number of hydrogen-bond acceptors (Lipinski definition) is 2. The van der Waals surface area contributed by atoms with E-state index in [1.165, 1.54) is 0 Å². The quantitative estimate of drug-likeness (QED) is 0.873. The number of carbonyl (C=O) groups is 2. The van der Waals surface area contributed by atoms with Crippen LogP contribution in [0.2, 0.25) is 0 Å². The zero-order valence-electron chi connectivity index (χ0n) is 11.5. The monoisotopic (exact) mass is 274 g/mol. The molecule has 0 unspecified atom stereocenters. The highest BCUT2D eigenvalue weighted by molar-refractivity contribution is 5.87. The Morgan fingerprint density at radius 1 is 0.650 bits per heavy atom. The normalized spacial score (nSPS) is 8.30. The van der Waals surface area contributed by atoms with E-state index in [2.05, 4.69) is 0 Å².